The molecule has 1 saturated carbocycles. The van der Waals surface area contributed by atoms with Crippen LogP contribution in [-0.4, -0.2) is 72.3 Å². The molecule has 3 amide bonds. The number of fused-ring (bicyclic) bond motifs is 1. The summed E-state index contributed by atoms with van der Waals surface area (Å²) in [5.41, 5.74) is 2.23. The Labute approximate surface area is 267 Å². The van der Waals surface area contributed by atoms with Crippen molar-refractivity contribution in [2.75, 3.05) is 20.3 Å². The van der Waals surface area contributed by atoms with E-state index in [0.29, 0.717) is 13.1 Å². The second-order valence-corrected chi connectivity index (χ2v) is 13.7. The van der Waals surface area contributed by atoms with E-state index in [4.69, 9.17) is 14.2 Å². The topological polar surface area (TPSA) is 114 Å². The lowest BCUT2D eigenvalue weighted by molar-refractivity contribution is -0.152. The van der Waals surface area contributed by atoms with Crippen molar-refractivity contribution in [2.24, 2.45) is 10.8 Å². The molecular weight excluding hydrogens is 574 g/mol. The molecule has 1 saturated heterocycles. The quantitative estimate of drug-likeness (QED) is 0.194. The fourth-order valence-corrected chi connectivity index (χ4v) is 6.84. The number of nitrogens with one attached hydrogen (secondary N) is 1. The highest BCUT2D eigenvalue weighted by Crippen LogP contribution is 2.41. The highest BCUT2D eigenvalue weighted by molar-refractivity contribution is 5.91. The minimum absolute atomic E-state index is 0.00297. The van der Waals surface area contributed by atoms with Crippen LogP contribution in [0.25, 0.3) is 6.08 Å². The van der Waals surface area contributed by atoms with Crippen LogP contribution in [0.4, 0.5) is 9.59 Å². The van der Waals surface area contributed by atoms with Crippen molar-refractivity contribution in [2.45, 2.75) is 103 Å². The summed E-state index contributed by atoms with van der Waals surface area (Å²) in [5, 5.41) is 2.80. The Balaban J connectivity index is 1.42. The normalized spacial score (nSPS) is 21.3. The van der Waals surface area contributed by atoms with Gasteiger partial charge in [-0.1, -0.05) is 77.0 Å². The molecule has 0 aromatic heterocycles. The molecule has 246 valence electrons. The van der Waals surface area contributed by atoms with Crippen LogP contribution in [-0.2, 0) is 36.9 Å². The number of carbonyl (C=O) groups excluding carboxylic acids is 4. The van der Waals surface area contributed by atoms with Gasteiger partial charge in [-0.05, 0) is 47.8 Å². The van der Waals surface area contributed by atoms with Crippen LogP contribution in [0.1, 0.15) is 88.8 Å². The van der Waals surface area contributed by atoms with E-state index >= 15 is 0 Å². The van der Waals surface area contributed by atoms with Gasteiger partial charge in [0.15, 0.2) is 0 Å². The predicted octanol–water partition coefficient (Wildman–Crippen LogP) is 5.98. The maximum absolute atomic E-state index is 14.1. The minimum Gasteiger partial charge on any atom is -0.467 e. The van der Waals surface area contributed by atoms with E-state index in [1.165, 1.54) is 18.4 Å². The summed E-state index contributed by atoms with van der Waals surface area (Å²) in [6, 6.07) is 3.90. The fourth-order valence-electron chi connectivity index (χ4n) is 6.84. The molecule has 0 spiro atoms. The first-order valence-corrected chi connectivity index (χ1v) is 16.0. The molecule has 1 aromatic carbocycles. The van der Waals surface area contributed by atoms with E-state index in [9.17, 15) is 19.2 Å². The number of allylic oxidation sites excluding steroid dienone is 1. The largest absolute Gasteiger partial charge is 0.467 e. The van der Waals surface area contributed by atoms with E-state index in [0.717, 1.165) is 55.2 Å². The molecule has 2 heterocycles. The average Bonchev–Trinajstić information content (AvgIpc) is 3.66. The molecule has 4 rings (SSSR count). The van der Waals surface area contributed by atoms with Crippen LogP contribution in [0.2, 0.25) is 0 Å². The van der Waals surface area contributed by atoms with Gasteiger partial charge in [0.05, 0.1) is 26.8 Å². The van der Waals surface area contributed by atoms with Crippen LogP contribution in [0.5, 0.6) is 0 Å². The van der Waals surface area contributed by atoms with Gasteiger partial charge in [-0.15, -0.1) is 6.58 Å². The van der Waals surface area contributed by atoms with Crippen molar-refractivity contribution in [3.8, 4) is 0 Å². The minimum atomic E-state index is -0.993. The van der Waals surface area contributed by atoms with Gasteiger partial charge < -0.3 is 24.4 Å². The monoisotopic (exact) mass is 623 g/mol. The SMILES string of the molecule is C=CCCC1(COC(=O)N[C@H](C(=O)N2C[C@H](OC(=O)N3Cc4cccc(C=C)c4C3)C[C@H]2C(=O)OC)C(C)(C)C)CCCCC1. The van der Waals surface area contributed by atoms with Crippen LogP contribution >= 0.6 is 0 Å². The van der Waals surface area contributed by atoms with Crippen LogP contribution in [0.15, 0.2) is 37.4 Å². The first-order valence-electron chi connectivity index (χ1n) is 16.0. The zero-order valence-electron chi connectivity index (χ0n) is 27.3. The summed E-state index contributed by atoms with van der Waals surface area (Å²) in [7, 11) is 1.26. The van der Waals surface area contributed by atoms with E-state index in [1.54, 1.807) is 11.0 Å². The molecule has 1 aliphatic carbocycles. The Morgan fingerprint density at radius 1 is 1.11 bits per heavy atom. The van der Waals surface area contributed by atoms with E-state index in [-0.39, 0.29) is 25.0 Å². The molecule has 45 heavy (non-hydrogen) atoms. The number of carbonyl (C=O) groups is 4. The molecule has 1 N–H and O–H groups in total. The predicted molar refractivity (Wildman–Crippen MR) is 171 cm³/mol. The van der Waals surface area contributed by atoms with Crippen LogP contribution in [0, 0.1) is 10.8 Å². The van der Waals surface area contributed by atoms with Crippen molar-refractivity contribution in [3.63, 3.8) is 0 Å². The smallest absolute Gasteiger partial charge is 0.410 e. The standard InChI is InChI=1S/C35H49N3O7/c1-7-9-16-35(17-11-10-12-18-35)23-44-32(41)36-29(34(3,4)5)30(39)38-21-26(19-28(38)31(40)43-6)45-33(42)37-20-25-15-13-14-24(8-2)27(25)22-37/h7-8,13-15,26,28-29H,1-2,9-12,16-23H2,3-6H3,(H,36,41)/t26-,28+,29-/m1/s1. The van der Waals surface area contributed by atoms with Gasteiger partial charge in [0.2, 0.25) is 5.91 Å². The lowest BCUT2D eigenvalue weighted by Crippen LogP contribution is -2.57. The third-order valence-corrected chi connectivity index (χ3v) is 9.46. The Kier molecular flexibility index (Phi) is 11.0. The zero-order valence-corrected chi connectivity index (χ0v) is 27.3. The van der Waals surface area contributed by atoms with Crippen molar-refractivity contribution in [3.05, 3.63) is 54.1 Å². The summed E-state index contributed by atoms with van der Waals surface area (Å²) < 4.78 is 16.6. The zero-order chi connectivity index (χ0) is 32.8. The van der Waals surface area contributed by atoms with E-state index in [2.05, 4.69) is 18.5 Å². The molecule has 0 bridgehead atoms. The number of nitrogens with zero attached hydrogens (tertiary/aromatic N) is 2. The third kappa shape index (κ3) is 8.07. The number of amides is 3. The number of likely N-dealkylation sites (tertiary alicyclic amines) is 1. The van der Waals surface area contributed by atoms with Crippen molar-refractivity contribution in [1.82, 2.24) is 15.1 Å². The highest BCUT2D eigenvalue weighted by atomic mass is 16.6. The van der Waals surface area contributed by atoms with E-state index < -0.39 is 47.7 Å². The Morgan fingerprint density at radius 3 is 2.49 bits per heavy atom. The maximum Gasteiger partial charge on any atom is 0.410 e. The van der Waals surface area contributed by atoms with Crippen molar-refractivity contribution >= 4 is 30.1 Å². The van der Waals surface area contributed by atoms with Gasteiger partial charge in [-0.2, -0.15) is 0 Å². The van der Waals surface area contributed by atoms with Gasteiger partial charge in [-0.25, -0.2) is 14.4 Å². The molecule has 0 unspecified atom stereocenters. The Morgan fingerprint density at radius 2 is 1.84 bits per heavy atom. The van der Waals surface area contributed by atoms with Crippen LogP contribution < -0.4 is 5.32 Å². The summed E-state index contributed by atoms with van der Waals surface area (Å²) >= 11 is 0. The second-order valence-electron chi connectivity index (χ2n) is 13.7. The number of methoxy groups -OCH3 is 1. The summed E-state index contributed by atoms with van der Waals surface area (Å²) in [5.74, 6) is -1.07. The van der Waals surface area contributed by atoms with Crippen molar-refractivity contribution in [1.29, 1.82) is 0 Å². The number of benzene rings is 1. The highest BCUT2D eigenvalue weighted by Gasteiger charge is 2.47. The first-order chi connectivity index (χ1) is 21.4. The average molecular weight is 624 g/mol. The number of hydrogen-bond donors (Lipinski definition) is 1. The number of ether oxygens (including phenoxy) is 3. The van der Waals surface area contributed by atoms with Crippen molar-refractivity contribution < 1.29 is 33.4 Å². The molecule has 2 aliphatic heterocycles. The summed E-state index contributed by atoms with van der Waals surface area (Å²) in [6.07, 6.45) is 8.94. The molecule has 0 radical (unpaired) electrons. The van der Waals surface area contributed by atoms with Gasteiger partial charge in [0, 0.05) is 18.4 Å². The maximum atomic E-state index is 14.1. The second kappa shape index (κ2) is 14.5. The number of esters is 1. The Bertz CT molecular complexity index is 1280. The molecule has 1 aromatic rings. The van der Waals surface area contributed by atoms with Gasteiger partial charge in [-0.3, -0.25) is 9.69 Å². The molecule has 2 fully saturated rings. The lowest BCUT2D eigenvalue weighted by Gasteiger charge is -2.37. The number of alkyl carbamates (subject to hydrolysis) is 1. The number of rotatable bonds is 10. The van der Waals surface area contributed by atoms with Gasteiger partial charge in [0.25, 0.3) is 0 Å². The number of hydrogen-bond acceptors (Lipinski definition) is 7. The summed E-state index contributed by atoms with van der Waals surface area (Å²) in [6.45, 7) is 14.3. The third-order valence-electron chi connectivity index (χ3n) is 9.46. The fraction of sp³-hybridized carbons (Fsp3) is 0.600. The summed E-state index contributed by atoms with van der Waals surface area (Å²) in [4.78, 5) is 56.2. The van der Waals surface area contributed by atoms with E-state index in [1.807, 2.05) is 45.0 Å². The lowest BCUT2D eigenvalue weighted by atomic mass is 9.72. The molecule has 10 heteroatoms. The molecular formula is C35H49N3O7. The molecule has 10 nitrogen and oxygen atoms in total. The van der Waals surface area contributed by atoms with Gasteiger partial charge in [0.1, 0.15) is 18.2 Å². The first kappa shape index (κ1) is 34.1. The van der Waals surface area contributed by atoms with Crippen LogP contribution in [0.3, 0.4) is 0 Å². The molecule has 3 aliphatic rings. The molecule has 3 atom stereocenters. The Hall–Kier alpha value is -3.82. The van der Waals surface area contributed by atoms with Gasteiger partial charge >= 0.3 is 18.2 Å².